The van der Waals surface area contributed by atoms with Gasteiger partial charge in [0.1, 0.15) is 6.10 Å². The van der Waals surface area contributed by atoms with E-state index >= 15 is 0 Å². The molecule has 238 valence electrons. The van der Waals surface area contributed by atoms with Crippen molar-refractivity contribution in [1.29, 1.82) is 0 Å². The fourth-order valence-corrected chi connectivity index (χ4v) is 9.05. The molecular formula is C36H58O6. The first-order chi connectivity index (χ1) is 20.0. The molecule has 8 unspecified atom stereocenters. The van der Waals surface area contributed by atoms with Crippen molar-refractivity contribution in [3.63, 3.8) is 0 Å². The van der Waals surface area contributed by atoms with Gasteiger partial charge in [-0.15, -0.1) is 0 Å². The van der Waals surface area contributed by atoms with E-state index in [1.807, 2.05) is 6.92 Å². The number of aliphatic hydroxyl groups excluding tert-OH is 2. The molecule has 0 aromatic heterocycles. The van der Waals surface area contributed by atoms with Crippen LogP contribution in [-0.2, 0) is 14.3 Å². The minimum Gasteiger partial charge on any atom is -0.454 e. The molecule has 0 amide bonds. The highest BCUT2D eigenvalue weighted by molar-refractivity contribution is 5.95. The zero-order chi connectivity index (χ0) is 30.7. The van der Waals surface area contributed by atoms with Crippen LogP contribution in [0.3, 0.4) is 0 Å². The molecule has 4 rings (SSSR count). The lowest BCUT2D eigenvalue weighted by molar-refractivity contribution is -0.204. The average molecular weight is 587 g/mol. The van der Waals surface area contributed by atoms with Crippen molar-refractivity contribution in [2.45, 2.75) is 149 Å². The van der Waals surface area contributed by atoms with Gasteiger partial charge in [-0.2, -0.15) is 0 Å². The average Bonchev–Trinajstić information content (AvgIpc) is 3.46. The summed E-state index contributed by atoms with van der Waals surface area (Å²) >= 11 is 0. The Hall–Kier alpha value is -1.50. The number of carbonyl (C=O) groups is 2. The van der Waals surface area contributed by atoms with Crippen LogP contribution in [0, 0.1) is 34.5 Å². The van der Waals surface area contributed by atoms with Crippen LogP contribution in [0.25, 0.3) is 0 Å². The number of unbranched alkanes of at least 4 members (excludes halogenated alkanes) is 12. The maximum atomic E-state index is 14.4. The molecule has 0 saturated heterocycles. The van der Waals surface area contributed by atoms with Crippen molar-refractivity contribution in [1.82, 2.24) is 0 Å². The van der Waals surface area contributed by atoms with Crippen LogP contribution in [0.4, 0.5) is 0 Å². The zero-order valence-corrected chi connectivity index (χ0v) is 27.0. The van der Waals surface area contributed by atoms with E-state index in [0.717, 1.165) is 19.3 Å². The van der Waals surface area contributed by atoms with E-state index in [2.05, 4.69) is 20.8 Å². The number of Topliss-reactive ketones (excluding diaryl/α,β-unsaturated/α-hetero) is 1. The van der Waals surface area contributed by atoms with E-state index in [1.165, 1.54) is 64.2 Å². The molecule has 1 spiro atoms. The van der Waals surface area contributed by atoms with E-state index in [-0.39, 0.29) is 29.5 Å². The number of ether oxygens (including phenoxy) is 1. The number of rotatable bonds is 16. The lowest BCUT2D eigenvalue weighted by Crippen LogP contribution is -2.66. The summed E-state index contributed by atoms with van der Waals surface area (Å²) in [5.41, 5.74) is -2.61. The number of fused-ring (bicyclic) bond motifs is 3. The second kappa shape index (κ2) is 13.6. The lowest BCUT2D eigenvalue weighted by Gasteiger charge is -2.49. The Labute approximate surface area is 254 Å². The largest absolute Gasteiger partial charge is 0.454 e. The number of hydrogen-bond donors (Lipinski definition) is 3. The van der Waals surface area contributed by atoms with Crippen molar-refractivity contribution < 1.29 is 29.6 Å². The molecule has 0 heterocycles. The van der Waals surface area contributed by atoms with Gasteiger partial charge in [-0.1, -0.05) is 117 Å². The number of hydrogen-bond acceptors (Lipinski definition) is 6. The van der Waals surface area contributed by atoms with E-state index in [9.17, 15) is 24.9 Å². The Kier molecular flexibility index (Phi) is 10.9. The van der Waals surface area contributed by atoms with Crippen LogP contribution in [0.2, 0.25) is 0 Å². The van der Waals surface area contributed by atoms with Crippen molar-refractivity contribution in [2.75, 3.05) is 6.61 Å². The normalized spacial score (nSPS) is 36.3. The Morgan fingerprint density at radius 3 is 2.07 bits per heavy atom. The minimum atomic E-state index is -2.05. The molecule has 0 radical (unpaired) electrons. The highest BCUT2D eigenvalue weighted by atomic mass is 16.6. The van der Waals surface area contributed by atoms with Crippen molar-refractivity contribution >= 4 is 11.8 Å². The van der Waals surface area contributed by atoms with Gasteiger partial charge in [0, 0.05) is 12.3 Å². The molecule has 0 aromatic rings. The third-order valence-electron chi connectivity index (χ3n) is 11.6. The molecule has 4 aliphatic rings. The summed E-state index contributed by atoms with van der Waals surface area (Å²) in [4.78, 5) is 27.6. The van der Waals surface area contributed by atoms with Gasteiger partial charge < -0.3 is 20.1 Å². The van der Waals surface area contributed by atoms with Gasteiger partial charge in [-0.05, 0) is 54.1 Å². The van der Waals surface area contributed by atoms with Crippen molar-refractivity contribution in [3.05, 3.63) is 23.3 Å². The van der Waals surface area contributed by atoms with Crippen LogP contribution in [-0.4, -0.2) is 51.5 Å². The second-order valence-electron chi connectivity index (χ2n) is 14.7. The summed E-state index contributed by atoms with van der Waals surface area (Å²) in [6.45, 7) is 9.88. The van der Waals surface area contributed by atoms with Gasteiger partial charge in [0.2, 0.25) is 0 Å². The summed E-state index contributed by atoms with van der Waals surface area (Å²) in [7, 11) is 0. The van der Waals surface area contributed by atoms with Crippen LogP contribution in [0.15, 0.2) is 23.3 Å². The smallest absolute Gasteiger partial charge is 0.306 e. The predicted octanol–water partition coefficient (Wildman–Crippen LogP) is 6.85. The van der Waals surface area contributed by atoms with Gasteiger partial charge in [-0.25, -0.2) is 0 Å². The highest BCUT2D eigenvalue weighted by Crippen LogP contribution is 2.71. The Morgan fingerprint density at radius 1 is 0.976 bits per heavy atom. The summed E-state index contributed by atoms with van der Waals surface area (Å²) in [5.74, 6) is -0.904. The Balaban J connectivity index is 1.35. The predicted molar refractivity (Wildman–Crippen MR) is 166 cm³/mol. The van der Waals surface area contributed by atoms with E-state index < -0.39 is 41.7 Å². The lowest BCUT2D eigenvalue weighted by atomic mass is 9.59. The van der Waals surface area contributed by atoms with E-state index in [4.69, 9.17) is 4.74 Å². The number of ketones is 1. The maximum absolute atomic E-state index is 14.4. The SMILES string of the molecule is CCCCCCCCCCCCCCCC(=O)OC1C(CO)=CC2C(=O)C3(C=C(C)C(O)C13O)C(C)CC1C2C1(C)C. The number of carbonyl (C=O) groups excluding carboxylic acids is 2. The van der Waals surface area contributed by atoms with Gasteiger partial charge in [-0.3, -0.25) is 9.59 Å². The van der Waals surface area contributed by atoms with Gasteiger partial charge in [0.15, 0.2) is 17.5 Å². The molecule has 2 bridgehead atoms. The van der Waals surface area contributed by atoms with Crippen LogP contribution in [0.1, 0.15) is 131 Å². The molecule has 6 heteroatoms. The molecule has 3 N–H and O–H groups in total. The molecule has 0 aliphatic heterocycles. The quantitative estimate of drug-likeness (QED) is 0.104. The molecule has 0 aromatic carbocycles. The van der Waals surface area contributed by atoms with Crippen molar-refractivity contribution in [2.24, 2.45) is 34.5 Å². The molecule has 2 saturated carbocycles. The maximum Gasteiger partial charge on any atom is 0.306 e. The van der Waals surface area contributed by atoms with Crippen molar-refractivity contribution in [3.8, 4) is 0 Å². The van der Waals surface area contributed by atoms with E-state index in [1.54, 1.807) is 19.1 Å². The fraction of sp³-hybridized carbons (Fsp3) is 0.833. The summed E-state index contributed by atoms with van der Waals surface area (Å²) in [6, 6.07) is 0. The van der Waals surface area contributed by atoms with Gasteiger partial charge in [0.05, 0.1) is 12.0 Å². The van der Waals surface area contributed by atoms with Crippen LogP contribution in [0.5, 0.6) is 0 Å². The summed E-state index contributed by atoms with van der Waals surface area (Å²) in [6.07, 6.45) is 17.6. The highest BCUT2D eigenvalue weighted by Gasteiger charge is 2.76. The molecule has 8 atom stereocenters. The first-order valence-corrected chi connectivity index (χ1v) is 17.1. The Bertz CT molecular complexity index is 1030. The third kappa shape index (κ3) is 5.94. The zero-order valence-electron chi connectivity index (χ0n) is 27.0. The van der Waals surface area contributed by atoms with Crippen LogP contribution >= 0.6 is 0 Å². The van der Waals surface area contributed by atoms with Gasteiger partial charge in [0.25, 0.3) is 0 Å². The molecule has 6 nitrogen and oxygen atoms in total. The first kappa shape index (κ1) is 33.4. The minimum absolute atomic E-state index is 0.0217. The monoisotopic (exact) mass is 586 g/mol. The topological polar surface area (TPSA) is 104 Å². The summed E-state index contributed by atoms with van der Waals surface area (Å²) < 4.78 is 6.00. The standard InChI is InChI=1S/C36H58O6/c1-6-7-8-9-10-11-12-13-14-15-16-17-18-19-29(38)42-33-26(23-37)21-27-30-28(34(30,4)5)20-25(3)35(32(27)40)22-24(2)31(39)36(33,35)41/h21-22,25,27-28,30-31,33,37,39,41H,6-20,23H2,1-5H3. The molecule has 42 heavy (non-hydrogen) atoms. The fourth-order valence-electron chi connectivity index (χ4n) is 9.05. The van der Waals surface area contributed by atoms with Gasteiger partial charge >= 0.3 is 5.97 Å². The number of aliphatic hydroxyl groups is 3. The molecule has 4 aliphatic carbocycles. The number of esters is 1. The number of allylic oxidation sites excluding steroid dienone is 1. The van der Waals surface area contributed by atoms with E-state index in [0.29, 0.717) is 23.5 Å². The van der Waals surface area contributed by atoms with Crippen LogP contribution < -0.4 is 0 Å². The summed E-state index contributed by atoms with van der Waals surface area (Å²) in [5, 5.41) is 34.4. The Morgan fingerprint density at radius 2 is 1.52 bits per heavy atom. The first-order valence-electron chi connectivity index (χ1n) is 17.1. The third-order valence-corrected chi connectivity index (χ3v) is 11.6. The molecule has 2 fully saturated rings. The second-order valence-corrected chi connectivity index (χ2v) is 14.7. The molecular weight excluding hydrogens is 528 g/mol.